The minimum atomic E-state index is -4.76. The fourth-order valence-electron chi connectivity index (χ4n) is 4.34. The van der Waals surface area contributed by atoms with E-state index in [4.69, 9.17) is 5.73 Å². The third-order valence-electron chi connectivity index (χ3n) is 6.27. The zero-order valence-electron chi connectivity index (χ0n) is 20.7. The number of aryl methyl sites for hydroxylation is 1. The van der Waals surface area contributed by atoms with Crippen LogP contribution in [0.15, 0.2) is 53.5 Å². The summed E-state index contributed by atoms with van der Waals surface area (Å²) in [5.41, 5.74) is 7.66. The number of amides is 3. The smallest absolute Gasteiger partial charge is 0.369 e. The number of benzodiazepines with no additional fused rings is 1. The number of alkyl halides is 6. The van der Waals surface area contributed by atoms with E-state index in [9.17, 15) is 40.7 Å². The number of hydrogen-bond donors (Lipinski definition) is 3. The molecule has 0 spiro atoms. The van der Waals surface area contributed by atoms with Crippen LogP contribution >= 0.6 is 0 Å². The van der Waals surface area contributed by atoms with E-state index < -0.39 is 73.8 Å². The zero-order valence-corrected chi connectivity index (χ0v) is 20.7. The number of anilines is 1. The van der Waals surface area contributed by atoms with E-state index in [0.717, 1.165) is 0 Å². The maximum atomic E-state index is 13.2. The van der Waals surface area contributed by atoms with Crippen LogP contribution in [0.25, 0.3) is 0 Å². The number of para-hydroxylation sites is 1. The Bertz CT molecular complexity index is 1240. The lowest BCUT2D eigenvalue weighted by Crippen LogP contribution is -2.48. The number of primary amides is 1. The van der Waals surface area contributed by atoms with Gasteiger partial charge in [0.25, 0.3) is 5.91 Å². The predicted molar refractivity (Wildman–Crippen MR) is 131 cm³/mol. The number of benzene rings is 2. The summed E-state index contributed by atoms with van der Waals surface area (Å²) in [6.07, 6.45) is -16.3. The summed E-state index contributed by atoms with van der Waals surface area (Å²) in [5.74, 6) is -7.18. The van der Waals surface area contributed by atoms with Gasteiger partial charge in [0.2, 0.25) is 18.0 Å². The van der Waals surface area contributed by atoms with Crippen LogP contribution in [0.2, 0.25) is 0 Å². The van der Waals surface area contributed by atoms with Crippen molar-refractivity contribution in [3.8, 4) is 0 Å². The lowest BCUT2D eigenvalue weighted by molar-refractivity contribution is -0.152. The SMILES string of the molecule is Cc1cccc2c1NC(=O)[C@@H](NC(=O)C(CCC(F)(F)F)C(CCC(F)(F)F)C(N)=O)N=C2c1ccccc1. The first-order valence-electron chi connectivity index (χ1n) is 11.9. The van der Waals surface area contributed by atoms with E-state index in [1.54, 1.807) is 55.5 Å². The van der Waals surface area contributed by atoms with Gasteiger partial charge in [0, 0.05) is 35.8 Å². The highest BCUT2D eigenvalue weighted by Gasteiger charge is 2.40. The molecular weight excluding hydrogens is 530 g/mol. The maximum absolute atomic E-state index is 13.2. The second-order valence-corrected chi connectivity index (χ2v) is 9.16. The Balaban J connectivity index is 1.99. The highest BCUT2D eigenvalue weighted by atomic mass is 19.4. The van der Waals surface area contributed by atoms with Gasteiger partial charge in [-0.15, -0.1) is 0 Å². The van der Waals surface area contributed by atoms with Crippen LogP contribution in [-0.4, -0.2) is 42.0 Å². The average Bonchev–Trinajstić information content (AvgIpc) is 2.97. The first-order valence-corrected chi connectivity index (χ1v) is 11.9. The van der Waals surface area contributed by atoms with Crippen LogP contribution in [0.1, 0.15) is 42.4 Å². The first kappa shape index (κ1) is 29.7. The predicted octanol–water partition coefficient (Wildman–Crippen LogP) is 4.63. The van der Waals surface area contributed by atoms with Gasteiger partial charge in [-0.3, -0.25) is 14.4 Å². The Morgan fingerprint density at radius 3 is 2.10 bits per heavy atom. The number of carbonyl (C=O) groups excluding carboxylic acids is 3. The normalized spacial score (nSPS) is 17.3. The molecule has 0 aliphatic carbocycles. The molecule has 3 amide bonds. The number of nitrogens with one attached hydrogen (secondary N) is 2. The molecule has 0 radical (unpaired) electrons. The summed E-state index contributed by atoms with van der Waals surface area (Å²) in [7, 11) is 0. The van der Waals surface area contributed by atoms with Gasteiger partial charge in [-0.1, -0.05) is 48.5 Å². The van der Waals surface area contributed by atoms with Crippen molar-refractivity contribution in [1.82, 2.24) is 5.32 Å². The van der Waals surface area contributed by atoms with Crippen LogP contribution in [-0.2, 0) is 14.4 Å². The molecule has 1 aliphatic rings. The molecule has 0 fully saturated rings. The lowest BCUT2D eigenvalue weighted by atomic mass is 9.83. The quantitative estimate of drug-likeness (QED) is 0.392. The number of nitrogens with two attached hydrogens (primary N) is 1. The van der Waals surface area contributed by atoms with Gasteiger partial charge in [-0.25, -0.2) is 4.99 Å². The first-order chi connectivity index (χ1) is 18.2. The van der Waals surface area contributed by atoms with Crippen LogP contribution in [0.3, 0.4) is 0 Å². The van der Waals surface area contributed by atoms with E-state index in [2.05, 4.69) is 15.6 Å². The fraction of sp³-hybridized carbons (Fsp3) is 0.385. The average molecular weight is 557 g/mol. The fourth-order valence-corrected chi connectivity index (χ4v) is 4.34. The largest absolute Gasteiger partial charge is 0.389 e. The summed E-state index contributed by atoms with van der Waals surface area (Å²) in [4.78, 5) is 42.7. The highest BCUT2D eigenvalue weighted by molar-refractivity contribution is 6.20. The molecule has 0 bridgehead atoms. The van der Waals surface area contributed by atoms with Crippen molar-refractivity contribution >= 4 is 29.1 Å². The monoisotopic (exact) mass is 556 g/mol. The number of hydrogen-bond acceptors (Lipinski definition) is 4. The summed E-state index contributed by atoms with van der Waals surface area (Å²) >= 11 is 0. The van der Waals surface area contributed by atoms with Crippen LogP contribution < -0.4 is 16.4 Å². The van der Waals surface area contributed by atoms with Crippen molar-refractivity contribution in [2.75, 3.05) is 5.32 Å². The molecule has 39 heavy (non-hydrogen) atoms. The molecule has 13 heteroatoms. The minimum Gasteiger partial charge on any atom is -0.369 e. The van der Waals surface area contributed by atoms with Crippen molar-refractivity contribution in [1.29, 1.82) is 0 Å². The molecule has 4 N–H and O–H groups in total. The third-order valence-corrected chi connectivity index (χ3v) is 6.27. The number of rotatable bonds is 9. The van der Waals surface area contributed by atoms with E-state index in [0.29, 0.717) is 22.4 Å². The van der Waals surface area contributed by atoms with Gasteiger partial charge in [-0.05, 0) is 25.3 Å². The molecular formula is C26H26F6N4O3. The Morgan fingerprint density at radius 2 is 1.54 bits per heavy atom. The number of nitrogens with zero attached hydrogens (tertiary/aromatic N) is 1. The molecule has 0 aromatic heterocycles. The third kappa shape index (κ3) is 8.04. The molecule has 2 aromatic carbocycles. The Labute approximate surface area is 219 Å². The van der Waals surface area contributed by atoms with Gasteiger partial charge in [0.15, 0.2) is 0 Å². The van der Waals surface area contributed by atoms with Crippen molar-refractivity contribution in [2.24, 2.45) is 22.6 Å². The molecule has 210 valence electrons. The summed E-state index contributed by atoms with van der Waals surface area (Å²) < 4.78 is 77.6. The van der Waals surface area contributed by atoms with Gasteiger partial charge in [0.1, 0.15) is 0 Å². The van der Waals surface area contributed by atoms with Gasteiger partial charge in [-0.2, -0.15) is 26.3 Å². The van der Waals surface area contributed by atoms with E-state index in [-0.39, 0.29) is 5.71 Å². The zero-order chi connectivity index (χ0) is 29.0. The van der Waals surface area contributed by atoms with E-state index >= 15 is 0 Å². The molecule has 7 nitrogen and oxygen atoms in total. The molecule has 1 aliphatic heterocycles. The Morgan fingerprint density at radius 1 is 0.949 bits per heavy atom. The summed E-state index contributed by atoms with van der Waals surface area (Å²) in [6, 6.07) is 13.7. The lowest BCUT2D eigenvalue weighted by Gasteiger charge is -2.26. The number of carbonyl (C=O) groups is 3. The van der Waals surface area contributed by atoms with Gasteiger partial charge >= 0.3 is 12.4 Å². The van der Waals surface area contributed by atoms with Crippen molar-refractivity contribution in [3.63, 3.8) is 0 Å². The minimum absolute atomic E-state index is 0.285. The molecule has 2 aromatic rings. The number of aliphatic imine (C=N–C) groups is 1. The second-order valence-electron chi connectivity index (χ2n) is 9.16. The van der Waals surface area contributed by atoms with Crippen molar-refractivity contribution < 1.29 is 40.7 Å². The molecule has 1 heterocycles. The summed E-state index contributed by atoms with van der Waals surface area (Å²) in [6.45, 7) is 1.73. The topological polar surface area (TPSA) is 114 Å². The highest BCUT2D eigenvalue weighted by Crippen LogP contribution is 2.33. The molecule has 2 unspecified atom stereocenters. The molecule has 0 saturated heterocycles. The Kier molecular flexibility index (Phi) is 9.03. The van der Waals surface area contributed by atoms with Crippen LogP contribution in [0.5, 0.6) is 0 Å². The maximum Gasteiger partial charge on any atom is 0.389 e. The van der Waals surface area contributed by atoms with Crippen molar-refractivity contribution in [2.45, 2.75) is 51.1 Å². The molecule has 3 atom stereocenters. The Hall–Kier alpha value is -3.90. The van der Waals surface area contributed by atoms with Crippen molar-refractivity contribution in [3.05, 3.63) is 65.2 Å². The number of fused-ring (bicyclic) bond motifs is 1. The van der Waals surface area contributed by atoms with E-state index in [1.807, 2.05) is 0 Å². The van der Waals surface area contributed by atoms with Gasteiger partial charge < -0.3 is 16.4 Å². The molecule has 3 rings (SSSR count). The number of halogens is 6. The van der Waals surface area contributed by atoms with Crippen LogP contribution in [0, 0.1) is 18.8 Å². The van der Waals surface area contributed by atoms with Gasteiger partial charge in [0.05, 0.1) is 11.4 Å². The molecule has 0 saturated carbocycles. The second kappa shape index (κ2) is 11.9. The summed E-state index contributed by atoms with van der Waals surface area (Å²) in [5, 5.41) is 4.89. The van der Waals surface area contributed by atoms with E-state index in [1.165, 1.54) is 0 Å². The van der Waals surface area contributed by atoms with Crippen LogP contribution in [0.4, 0.5) is 32.0 Å². The standard InChI is InChI=1S/C26H26F6N4O3/c1-14-6-5-9-18-19(14)35-24(39)22(34-20(18)15-7-3-2-4-8-15)36-23(38)17(11-13-26(30,31)32)16(21(33)37)10-12-25(27,28)29/h2-9,16-17,22H,10-13H2,1H3,(H2,33,37)(H,35,39)(H,36,38)/t16?,17?,22-/m1/s1.